The second-order valence-corrected chi connectivity index (χ2v) is 7.45. The van der Waals surface area contributed by atoms with Crippen LogP contribution in [0, 0.1) is 5.82 Å². The molecule has 2 aromatic rings. The van der Waals surface area contributed by atoms with Crippen LogP contribution in [0.3, 0.4) is 0 Å². The van der Waals surface area contributed by atoms with Crippen molar-refractivity contribution >= 4 is 29.7 Å². The van der Waals surface area contributed by atoms with Gasteiger partial charge in [0.15, 0.2) is 0 Å². The topological polar surface area (TPSA) is 67.4 Å². The number of hydrogen-bond donors (Lipinski definition) is 2. The third-order valence-electron chi connectivity index (χ3n) is 4.00. The average Bonchev–Trinajstić information content (AvgIpc) is 2.73. The van der Waals surface area contributed by atoms with Crippen molar-refractivity contribution in [2.45, 2.75) is 24.3 Å². The van der Waals surface area contributed by atoms with Gasteiger partial charge in [0.2, 0.25) is 11.8 Å². The Bertz CT molecular complexity index is 823. The van der Waals surface area contributed by atoms with Crippen LogP contribution < -0.4 is 15.4 Å². The van der Waals surface area contributed by atoms with Gasteiger partial charge in [0.05, 0.1) is 7.11 Å². The van der Waals surface area contributed by atoms with Crippen molar-refractivity contribution < 1.29 is 18.7 Å². The van der Waals surface area contributed by atoms with Gasteiger partial charge in [-0.15, -0.1) is 11.8 Å². The van der Waals surface area contributed by atoms with Crippen molar-refractivity contribution in [3.8, 4) is 5.75 Å². The summed E-state index contributed by atoms with van der Waals surface area (Å²) in [5.41, 5.74) is 0.858. The molecule has 0 saturated heterocycles. The largest absolute Gasteiger partial charge is 0.497 e. The van der Waals surface area contributed by atoms with Gasteiger partial charge in [-0.05, 0) is 67.1 Å². The van der Waals surface area contributed by atoms with Gasteiger partial charge in [0.1, 0.15) is 17.6 Å². The maximum atomic E-state index is 12.9. The fraction of sp³-hybridized carbons (Fsp3) is 0.273. The van der Waals surface area contributed by atoms with E-state index in [4.69, 9.17) is 4.74 Å². The maximum Gasteiger partial charge on any atom is 0.244 e. The van der Waals surface area contributed by atoms with Crippen LogP contribution in [0.2, 0.25) is 0 Å². The molecule has 2 aromatic carbocycles. The Morgan fingerprint density at radius 1 is 1.14 bits per heavy atom. The minimum atomic E-state index is -0.632. The number of amides is 2. The van der Waals surface area contributed by atoms with E-state index in [9.17, 15) is 14.0 Å². The lowest BCUT2D eigenvalue weighted by Gasteiger charge is -2.13. The first-order valence-corrected chi connectivity index (χ1v) is 10.2. The Balaban J connectivity index is 1.64. The highest BCUT2D eigenvalue weighted by atomic mass is 32.2. The smallest absolute Gasteiger partial charge is 0.244 e. The molecule has 0 bridgehead atoms. The summed E-state index contributed by atoms with van der Waals surface area (Å²) in [5.74, 6) is 0.722. The average molecular weight is 417 g/mol. The van der Waals surface area contributed by atoms with Crippen molar-refractivity contribution in [3.63, 3.8) is 0 Å². The standard InChI is InChI=1S/C22H25FN2O3S/c1-16(25-21(26)13-6-17-4-9-19(28-2)10-5-17)22(27)24-14-3-15-29-20-11-7-18(23)8-12-20/h4-13,16H,3,14-15H2,1-2H3,(H,24,27)(H,25,26). The van der Waals surface area contributed by atoms with Gasteiger partial charge in [-0.2, -0.15) is 0 Å². The molecular formula is C22H25FN2O3S. The van der Waals surface area contributed by atoms with Crippen molar-refractivity contribution in [2.24, 2.45) is 0 Å². The quantitative estimate of drug-likeness (QED) is 0.352. The summed E-state index contributed by atoms with van der Waals surface area (Å²) in [6.45, 7) is 2.15. The molecule has 2 rings (SSSR count). The summed E-state index contributed by atoms with van der Waals surface area (Å²) >= 11 is 1.60. The van der Waals surface area contributed by atoms with Crippen LogP contribution in [0.15, 0.2) is 59.5 Å². The summed E-state index contributed by atoms with van der Waals surface area (Å²) in [5, 5.41) is 5.45. The number of halogens is 1. The minimum absolute atomic E-state index is 0.233. The minimum Gasteiger partial charge on any atom is -0.497 e. The Labute approximate surface area is 174 Å². The molecule has 5 nitrogen and oxygen atoms in total. The SMILES string of the molecule is COc1ccc(C=CC(=O)NC(C)C(=O)NCCCSc2ccc(F)cc2)cc1. The zero-order chi connectivity index (χ0) is 21.1. The van der Waals surface area contributed by atoms with Gasteiger partial charge in [-0.1, -0.05) is 12.1 Å². The second kappa shape index (κ2) is 11.9. The summed E-state index contributed by atoms with van der Waals surface area (Å²) in [6.07, 6.45) is 3.84. The van der Waals surface area contributed by atoms with E-state index in [1.165, 1.54) is 18.2 Å². The highest BCUT2D eigenvalue weighted by Gasteiger charge is 2.13. The van der Waals surface area contributed by atoms with E-state index in [0.29, 0.717) is 6.54 Å². The molecular weight excluding hydrogens is 391 g/mol. The lowest BCUT2D eigenvalue weighted by Crippen LogP contribution is -2.44. The van der Waals surface area contributed by atoms with Gasteiger partial charge in [0.25, 0.3) is 0 Å². The normalized spacial score (nSPS) is 11.8. The number of ether oxygens (including phenoxy) is 1. The lowest BCUT2D eigenvalue weighted by atomic mass is 10.2. The molecule has 0 heterocycles. The Hall–Kier alpha value is -2.80. The molecule has 2 amide bonds. The Morgan fingerprint density at radius 2 is 1.83 bits per heavy atom. The molecule has 1 atom stereocenters. The highest BCUT2D eigenvalue weighted by Crippen LogP contribution is 2.18. The van der Waals surface area contributed by atoms with E-state index in [2.05, 4.69) is 10.6 Å². The van der Waals surface area contributed by atoms with Crippen molar-refractivity contribution in [2.75, 3.05) is 19.4 Å². The summed E-state index contributed by atoms with van der Waals surface area (Å²) in [6, 6.07) is 13.0. The first-order valence-electron chi connectivity index (χ1n) is 9.26. The number of thioether (sulfide) groups is 1. The molecule has 2 N–H and O–H groups in total. The first kappa shape index (κ1) is 22.5. The summed E-state index contributed by atoms with van der Waals surface area (Å²) in [4.78, 5) is 25.0. The second-order valence-electron chi connectivity index (χ2n) is 6.28. The predicted octanol–water partition coefficient (Wildman–Crippen LogP) is 3.65. The summed E-state index contributed by atoms with van der Waals surface area (Å²) < 4.78 is 17.9. The summed E-state index contributed by atoms with van der Waals surface area (Å²) in [7, 11) is 1.59. The number of nitrogens with one attached hydrogen (secondary N) is 2. The van der Waals surface area contributed by atoms with E-state index in [-0.39, 0.29) is 17.6 Å². The third-order valence-corrected chi connectivity index (χ3v) is 5.10. The fourth-order valence-corrected chi connectivity index (χ4v) is 3.22. The molecule has 154 valence electrons. The highest BCUT2D eigenvalue weighted by molar-refractivity contribution is 7.99. The van der Waals surface area contributed by atoms with Crippen molar-refractivity contribution in [1.82, 2.24) is 10.6 Å². The van der Waals surface area contributed by atoms with Gasteiger partial charge < -0.3 is 15.4 Å². The van der Waals surface area contributed by atoms with Crippen LogP contribution in [0.25, 0.3) is 6.08 Å². The van der Waals surface area contributed by atoms with E-state index in [1.807, 2.05) is 24.3 Å². The van der Waals surface area contributed by atoms with Gasteiger partial charge in [-0.25, -0.2) is 4.39 Å². The van der Waals surface area contributed by atoms with E-state index >= 15 is 0 Å². The maximum absolute atomic E-state index is 12.9. The molecule has 0 aliphatic heterocycles. The van der Waals surface area contributed by atoms with Crippen molar-refractivity contribution in [1.29, 1.82) is 0 Å². The molecule has 0 aliphatic carbocycles. The van der Waals surface area contributed by atoms with Crippen LogP contribution in [0.4, 0.5) is 4.39 Å². The third kappa shape index (κ3) is 8.39. The Morgan fingerprint density at radius 3 is 2.48 bits per heavy atom. The van der Waals surface area contributed by atoms with Crippen LogP contribution in [0.1, 0.15) is 18.9 Å². The monoisotopic (exact) mass is 416 g/mol. The number of methoxy groups -OCH3 is 1. The van der Waals surface area contributed by atoms with Crippen LogP contribution in [-0.2, 0) is 9.59 Å². The molecule has 0 saturated carbocycles. The van der Waals surface area contributed by atoms with E-state index in [1.54, 1.807) is 44.0 Å². The number of benzene rings is 2. The first-order chi connectivity index (χ1) is 14.0. The van der Waals surface area contributed by atoms with E-state index in [0.717, 1.165) is 28.4 Å². The van der Waals surface area contributed by atoms with Crippen LogP contribution >= 0.6 is 11.8 Å². The van der Waals surface area contributed by atoms with Gasteiger partial charge >= 0.3 is 0 Å². The zero-order valence-electron chi connectivity index (χ0n) is 16.5. The molecule has 0 aliphatic rings. The number of carbonyl (C=O) groups excluding carboxylic acids is 2. The van der Waals surface area contributed by atoms with Crippen molar-refractivity contribution in [3.05, 3.63) is 66.0 Å². The van der Waals surface area contributed by atoms with Gasteiger partial charge in [0, 0.05) is 17.5 Å². The van der Waals surface area contributed by atoms with Crippen LogP contribution in [0.5, 0.6) is 5.75 Å². The molecule has 0 radical (unpaired) electrons. The number of hydrogen-bond acceptors (Lipinski definition) is 4. The van der Waals surface area contributed by atoms with Gasteiger partial charge in [-0.3, -0.25) is 9.59 Å². The molecule has 0 fully saturated rings. The molecule has 1 unspecified atom stereocenters. The molecule has 0 aromatic heterocycles. The fourth-order valence-electron chi connectivity index (χ4n) is 2.37. The number of rotatable bonds is 10. The predicted molar refractivity (Wildman–Crippen MR) is 114 cm³/mol. The van der Waals surface area contributed by atoms with Crippen LogP contribution in [-0.4, -0.2) is 37.3 Å². The molecule has 29 heavy (non-hydrogen) atoms. The number of carbonyl (C=O) groups is 2. The lowest BCUT2D eigenvalue weighted by molar-refractivity contribution is -0.126. The van der Waals surface area contributed by atoms with E-state index < -0.39 is 6.04 Å². The Kier molecular flexibility index (Phi) is 9.24. The molecule has 0 spiro atoms. The molecule has 7 heteroatoms. The zero-order valence-corrected chi connectivity index (χ0v) is 17.3.